The molecule has 1 aliphatic carbocycles. The first-order chi connectivity index (χ1) is 10.4. The first-order valence-corrected chi connectivity index (χ1v) is 7.41. The van der Waals surface area contributed by atoms with Crippen LogP contribution in [0.5, 0.6) is 0 Å². The highest BCUT2D eigenvalue weighted by Gasteiger charge is 2.15. The van der Waals surface area contributed by atoms with Gasteiger partial charge in [-0.2, -0.15) is 0 Å². The molecular weight excluding hydrogens is 260 g/mol. The summed E-state index contributed by atoms with van der Waals surface area (Å²) in [5.74, 6) is 0. The Labute approximate surface area is 123 Å². The van der Waals surface area contributed by atoms with E-state index in [2.05, 4.69) is 23.2 Å². The van der Waals surface area contributed by atoms with E-state index in [0.29, 0.717) is 5.69 Å². The van der Waals surface area contributed by atoms with Gasteiger partial charge in [0.15, 0.2) is 6.29 Å². The zero-order chi connectivity index (χ0) is 14.2. The molecule has 1 aromatic carbocycles. The third-order valence-electron chi connectivity index (χ3n) is 4.30. The summed E-state index contributed by atoms with van der Waals surface area (Å²) in [6.45, 7) is 0. The van der Waals surface area contributed by atoms with Crippen LogP contribution in [0.25, 0.3) is 16.9 Å². The Bertz CT molecular complexity index is 832. The minimum absolute atomic E-state index is 0.626. The van der Waals surface area contributed by atoms with Gasteiger partial charge in [0.2, 0.25) is 0 Å². The maximum atomic E-state index is 11.5. The number of aromatic nitrogens is 2. The maximum Gasteiger partial charge on any atom is 0.169 e. The van der Waals surface area contributed by atoms with Gasteiger partial charge in [-0.15, -0.1) is 0 Å². The van der Waals surface area contributed by atoms with E-state index >= 15 is 0 Å². The summed E-state index contributed by atoms with van der Waals surface area (Å²) in [5, 5.41) is 0. The number of carbonyl (C=O) groups is 1. The Kier molecular flexibility index (Phi) is 2.85. The van der Waals surface area contributed by atoms with Gasteiger partial charge in [-0.25, -0.2) is 4.98 Å². The second-order valence-corrected chi connectivity index (χ2v) is 5.58. The number of carbonyl (C=O) groups excluding carboxylic acids is 1. The van der Waals surface area contributed by atoms with Gasteiger partial charge in [0.25, 0.3) is 0 Å². The van der Waals surface area contributed by atoms with Crippen molar-refractivity contribution in [2.45, 2.75) is 25.7 Å². The van der Waals surface area contributed by atoms with E-state index < -0.39 is 0 Å². The zero-order valence-electron chi connectivity index (χ0n) is 11.7. The summed E-state index contributed by atoms with van der Waals surface area (Å²) >= 11 is 0. The summed E-state index contributed by atoms with van der Waals surface area (Å²) in [4.78, 5) is 16.1. The lowest BCUT2D eigenvalue weighted by atomic mass is 9.90. The molecule has 2 heterocycles. The number of hydrogen-bond acceptors (Lipinski definition) is 2. The van der Waals surface area contributed by atoms with E-state index in [9.17, 15) is 4.79 Å². The molecule has 0 N–H and O–H groups in total. The number of benzene rings is 1. The smallest absolute Gasteiger partial charge is 0.169 e. The second kappa shape index (κ2) is 4.85. The molecule has 0 fully saturated rings. The Morgan fingerprint density at radius 1 is 1.05 bits per heavy atom. The molecule has 21 heavy (non-hydrogen) atoms. The summed E-state index contributed by atoms with van der Waals surface area (Å²) in [6.07, 6.45) is 7.61. The van der Waals surface area contributed by atoms with Gasteiger partial charge in [-0.3, -0.25) is 9.20 Å². The SMILES string of the molecule is O=Cc1c(-c2ccc3c(c2)CCCC3)nc2ccccn12. The molecule has 0 radical (unpaired) electrons. The van der Waals surface area contributed by atoms with Crippen LogP contribution in [0, 0.1) is 0 Å². The monoisotopic (exact) mass is 276 g/mol. The summed E-state index contributed by atoms with van der Waals surface area (Å²) in [6, 6.07) is 12.3. The molecule has 0 saturated heterocycles. The molecule has 3 aromatic rings. The number of rotatable bonds is 2. The van der Waals surface area contributed by atoms with Gasteiger partial charge in [-0.05, 0) is 55.0 Å². The lowest BCUT2D eigenvalue weighted by Crippen LogP contribution is -2.02. The summed E-state index contributed by atoms with van der Waals surface area (Å²) < 4.78 is 1.85. The molecule has 0 spiro atoms. The van der Waals surface area contributed by atoms with Gasteiger partial charge in [-0.1, -0.05) is 18.2 Å². The van der Waals surface area contributed by atoms with E-state index in [1.54, 1.807) is 0 Å². The number of aldehydes is 1. The first kappa shape index (κ1) is 12.3. The minimum Gasteiger partial charge on any atom is -0.297 e. The molecule has 0 atom stereocenters. The van der Waals surface area contributed by atoms with E-state index in [-0.39, 0.29) is 0 Å². The zero-order valence-corrected chi connectivity index (χ0v) is 11.7. The van der Waals surface area contributed by atoms with Gasteiger partial charge in [0.1, 0.15) is 17.0 Å². The number of nitrogens with zero attached hydrogens (tertiary/aromatic N) is 2. The van der Waals surface area contributed by atoms with Crippen molar-refractivity contribution < 1.29 is 4.79 Å². The maximum absolute atomic E-state index is 11.5. The van der Waals surface area contributed by atoms with Gasteiger partial charge in [0, 0.05) is 11.8 Å². The third kappa shape index (κ3) is 1.97. The van der Waals surface area contributed by atoms with Crippen LogP contribution in [-0.4, -0.2) is 15.7 Å². The van der Waals surface area contributed by atoms with Crippen molar-refractivity contribution in [2.24, 2.45) is 0 Å². The van der Waals surface area contributed by atoms with Crippen LogP contribution in [0.4, 0.5) is 0 Å². The lowest BCUT2D eigenvalue weighted by molar-refractivity contribution is 0.111. The first-order valence-electron chi connectivity index (χ1n) is 7.41. The average Bonchev–Trinajstić information content (AvgIpc) is 2.93. The lowest BCUT2D eigenvalue weighted by Gasteiger charge is -2.16. The minimum atomic E-state index is 0.626. The molecule has 0 saturated carbocycles. The fraction of sp³-hybridized carbons (Fsp3) is 0.222. The molecule has 3 nitrogen and oxygen atoms in total. The van der Waals surface area contributed by atoms with Crippen molar-refractivity contribution in [1.29, 1.82) is 0 Å². The molecule has 104 valence electrons. The standard InChI is InChI=1S/C18H16N2O/c21-12-16-18(19-17-7-3-4-10-20(16)17)15-9-8-13-5-1-2-6-14(13)11-15/h3-4,7-12H,1-2,5-6H2. The van der Waals surface area contributed by atoms with E-state index in [0.717, 1.165) is 29.6 Å². The highest BCUT2D eigenvalue weighted by Crippen LogP contribution is 2.29. The van der Waals surface area contributed by atoms with Crippen LogP contribution in [0.1, 0.15) is 34.5 Å². The molecule has 0 amide bonds. The van der Waals surface area contributed by atoms with Crippen LogP contribution in [-0.2, 0) is 12.8 Å². The highest BCUT2D eigenvalue weighted by atomic mass is 16.1. The van der Waals surface area contributed by atoms with Crippen LogP contribution in [0.3, 0.4) is 0 Å². The Morgan fingerprint density at radius 2 is 1.90 bits per heavy atom. The van der Waals surface area contributed by atoms with Gasteiger partial charge < -0.3 is 0 Å². The fourth-order valence-electron chi connectivity index (χ4n) is 3.22. The average molecular weight is 276 g/mol. The molecule has 1 aliphatic rings. The topological polar surface area (TPSA) is 34.4 Å². The van der Waals surface area contributed by atoms with E-state index in [1.165, 1.54) is 30.4 Å². The van der Waals surface area contributed by atoms with Crippen LogP contribution < -0.4 is 0 Å². The fourth-order valence-corrected chi connectivity index (χ4v) is 3.22. The van der Waals surface area contributed by atoms with Crippen LogP contribution in [0.2, 0.25) is 0 Å². The predicted molar refractivity (Wildman–Crippen MR) is 82.7 cm³/mol. The van der Waals surface area contributed by atoms with Crippen molar-refractivity contribution in [2.75, 3.05) is 0 Å². The Hall–Kier alpha value is -2.42. The predicted octanol–water partition coefficient (Wildman–Crippen LogP) is 3.69. The van der Waals surface area contributed by atoms with E-state index in [1.807, 2.05) is 28.8 Å². The number of imidazole rings is 1. The highest BCUT2D eigenvalue weighted by molar-refractivity contribution is 5.86. The quantitative estimate of drug-likeness (QED) is 0.669. The molecule has 0 unspecified atom stereocenters. The molecule has 2 aromatic heterocycles. The van der Waals surface area contributed by atoms with Gasteiger partial charge in [0.05, 0.1) is 0 Å². The Morgan fingerprint density at radius 3 is 2.76 bits per heavy atom. The largest absolute Gasteiger partial charge is 0.297 e. The van der Waals surface area contributed by atoms with Crippen molar-refractivity contribution in [3.05, 3.63) is 59.4 Å². The van der Waals surface area contributed by atoms with Crippen molar-refractivity contribution >= 4 is 11.9 Å². The van der Waals surface area contributed by atoms with E-state index in [4.69, 9.17) is 0 Å². The molecule has 0 aliphatic heterocycles. The number of pyridine rings is 1. The van der Waals surface area contributed by atoms with Gasteiger partial charge >= 0.3 is 0 Å². The summed E-state index contributed by atoms with van der Waals surface area (Å²) in [5.41, 5.74) is 6.12. The molecule has 3 heteroatoms. The number of hydrogen-bond donors (Lipinski definition) is 0. The normalized spacial score (nSPS) is 14.1. The number of fused-ring (bicyclic) bond motifs is 2. The third-order valence-corrected chi connectivity index (χ3v) is 4.30. The second-order valence-electron chi connectivity index (χ2n) is 5.58. The summed E-state index contributed by atoms with van der Waals surface area (Å²) in [7, 11) is 0. The van der Waals surface area contributed by atoms with Crippen LogP contribution in [0.15, 0.2) is 42.6 Å². The van der Waals surface area contributed by atoms with Crippen LogP contribution >= 0.6 is 0 Å². The van der Waals surface area contributed by atoms with Crippen molar-refractivity contribution in [3.63, 3.8) is 0 Å². The van der Waals surface area contributed by atoms with Crippen molar-refractivity contribution in [3.8, 4) is 11.3 Å². The molecular formula is C18H16N2O. The molecule has 0 bridgehead atoms. The van der Waals surface area contributed by atoms with Crippen molar-refractivity contribution in [1.82, 2.24) is 9.38 Å². The molecule has 4 rings (SSSR count). The Balaban J connectivity index is 1.91. The number of aryl methyl sites for hydroxylation is 2.